The predicted octanol–water partition coefficient (Wildman–Crippen LogP) is 3.48. The summed E-state index contributed by atoms with van der Waals surface area (Å²) in [5.41, 5.74) is 2.09. The average Bonchev–Trinajstić information content (AvgIpc) is 3.20. The Morgan fingerprint density at radius 3 is 2.54 bits per heavy atom. The molecule has 1 fully saturated rings. The molecule has 0 aromatic heterocycles. The summed E-state index contributed by atoms with van der Waals surface area (Å²) in [4.78, 5) is 13.8. The van der Waals surface area contributed by atoms with Crippen LogP contribution < -0.4 is 0 Å². The van der Waals surface area contributed by atoms with Crippen LogP contribution in [0.25, 0.3) is 6.08 Å². The maximum atomic E-state index is 12.6. The molecule has 1 aliphatic rings. The third-order valence-electron chi connectivity index (χ3n) is 5.05. The van der Waals surface area contributed by atoms with E-state index in [1.54, 1.807) is 30.3 Å². The molecule has 0 bridgehead atoms. The molecule has 148 valence electrons. The Bertz CT molecular complexity index is 921. The highest BCUT2D eigenvalue weighted by Crippen LogP contribution is 2.32. The highest BCUT2D eigenvalue weighted by molar-refractivity contribution is 7.91. The van der Waals surface area contributed by atoms with Crippen molar-refractivity contribution in [2.24, 2.45) is 0 Å². The maximum Gasteiger partial charge on any atom is 0.330 e. The van der Waals surface area contributed by atoms with Crippen LogP contribution >= 0.6 is 0 Å². The molecule has 0 N–H and O–H groups in total. The van der Waals surface area contributed by atoms with E-state index < -0.39 is 9.84 Å². The molecule has 2 aromatic carbocycles. The first kappa shape index (κ1) is 20.3. The molecule has 0 radical (unpaired) electrons. The van der Waals surface area contributed by atoms with Gasteiger partial charge in [0.1, 0.15) is 0 Å². The van der Waals surface area contributed by atoms with Gasteiger partial charge < -0.3 is 4.74 Å². The van der Waals surface area contributed by atoms with Crippen molar-refractivity contribution in [3.8, 4) is 0 Å². The van der Waals surface area contributed by atoms with Crippen molar-refractivity contribution in [2.45, 2.75) is 23.8 Å². The second kappa shape index (κ2) is 9.17. The molecule has 0 saturated carbocycles. The quantitative estimate of drug-likeness (QED) is 0.527. The van der Waals surface area contributed by atoms with E-state index in [2.05, 4.69) is 9.64 Å². The Hall–Kier alpha value is -2.44. The largest absolute Gasteiger partial charge is 0.466 e. The Balaban J connectivity index is 1.64. The highest BCUT2D eigenvalue weighted by atomic mass is 32.2. The van der Waals surface area contributed by atoms with E-state index in [4.69, 9.17) is 0 Å². The number of likely N-dealkylation sites (tertiary alicyclic amines) is 1. The molecule has 5 nitrogen and oxygen atoms in total. The van der Waals surface area contributed by atoms with Gasteiger partial charge in [-0.15, -0.1) is 0 Å². The fourth-order valence-corrected chi connectivity index (χ4v) is 4.80. The maximum absolute atomic E-state index is 12.6. The monoisotopic (exact) mass is 399 g/mol. The van der Waals surface area contributed by atoms with Crippen LogP contribution in [-0.4, -0.2) is 45.2 Å². The number of rotatable bonds is 7. The minimum atomic E-state index is -3.27. The van der Waals surface area contributed by atoms with Crippen LogP contribution in [0.2, 0.25) is 0 Å². The molecule has 28 heavy (non-hydrogen) atoms. The Kier molecular flexibility index (Phi) is 6.65. The standard InChI is InChI=1S/C22H25NO4S/c1-27-22(24)14-11-18-9-12-19(13-10-18)21-8-5-15-23(21)16-17-28(25,26)20-6-3-2-4-7-20/h2-4,6-7,9-14,21H,5,8,15-17H2,1H3/b14-11+/t21-/m0/s1. The first-order chi connectivity index (χ1) is 13.5. The number of esters is 1. The summed E-state index contributed by atoms with van der Waals surface area (Å²) in [5, 5.41) is 0. The second-order valence-electron chi connectivity index (χ2n) is 6.85. The summed E-state index contributed by atoms with van der Waals surface area (Å²) >= 11 is 0. The molecular formula is C22H25NO4S. The molecule has 0 aliphatic carbocycles. The lowest BCUT2D eigenvalue weighted by Gasteiger charge is -2.24. The van der Waals surface area contributed by atoms with Crippen LogP contribution in [0.5, 0.6) is 0 Å². The molecular weight excluding hydrogens is 374 g/mol. The number of ether oxygens (including phenoxy) is 1. The first-order valence-corrected chi connectivity index (χ1v) is 11.0. The van der Waals surface area contributed by atoms with Gasteiger partial charge in [0.25, 0.3) is 0 Å². The van der Waals surface area contributed by atoms with Gasteiger partial charge in [0.2, 0.25) is 0 Å². The van der Waals surface area contributed by atoms with E-state index in [1.807, 2.05) is 30.3 Å². The van der Waals surface area contributed by atoms with E-state index in [9.17, 15) is 13.2 Å². The summed E-state index contributed by atoms with van der Waals surface area (Å²) in [6.45, 7) is 1.42. The van der Waals surface area contributed by atoms with Gasteiger partial charge in [-0.05, 0) is 48.7 Å². The number of carbonyl (C=O) groups excluding carboxylic acids is 1. The fourth-order valence-electron chi connectivity index (χ4n) is 3.52. The molecule has 6 heteroatoms. The minimum absolute atomic E-state index is 0.119. The lowest BCUT2D eigenvalue weighted by Crippen LogP contribution is -2.29. The zero-order valence-corrected chi connectivity index (χ0v) is 16.8. The number of sulfone groups is 1. The van der Waals surface area contributed by atoms with Crippen LogP contribution in [0.3, 0.4) is 0 Å². The van der Waals surface area contributed by atoms with Crippen LogP contribution in [0.4, 0.5) is 0 Å². The van der Waals surface area contributed by atoms with E-state index in [0.29, 0.717) is 11.4 Å². The van der Waals surface area contributed by atoms with E-state index >= 15 is 0 Å². The van der Waals surface area contributed by atoms with Gasteiger partial charge in [-0.3, -0.25) is 4.90 Å². The number of hydrogen-bond donors (Lipinski definition) is 0. The zero-order valence-electron chi connectivity index (χ0n) is 16.0. The van der Waals surface area contributed by atoms with Gasteiger partial charge >= 0.3 is 5.97 Å². The van der Waals surface area contributed by atoms with Crippen molar-refractivity contribution in [1.29, 1.82) is 0 Å². The SMILES string of the molecule is COC(=O)/C=C/c1ccc([C@@H]2CCCN2CCS(=O)(=O)c2ccccc2)cc1. The minimum Gasteiger partial charge on any atom is -0.466 e. The summed E-state index contributed by atoms with van der Waals surface area (Å²) < 4.78 is 29.7. The molecule has 1 heterocycles. The Morgan fingerprint density at radius 2 is 1.86 bits per heavy atom. The van der Waals surface area contributed by atoms with E-state index in [1.165, 1.54) is 18.7 Å². The average molecular weight is 400 g/mol. The van der Waals surface area contributed by atoms with Crippen molar-refractivity contribution in [1.82, 2.24) is 4.90 Å². The normalized spacial score (nSPS) is 17.8. The lowest BCUT2D eigenvalue weighted by atomic mass is 10.0. The Morgan fingerprint density at radius 1 is 1.14 bits per heavy atom. The number of carbonyl (C=O) groups is 1. The van der Waals surface area contributed by atoms with Crippen LogP contribution in [0, 0.1) is 0 Å². The van der Waals surface area contributed by atoms with Gasteiger partial charge in [-0.2, -0.15) is 0 Å². The van der Waals surface area contributed by atoms with Gasteiger partial charge in [0, 0.05) is 18.7 Å². The van der Waals surface area contributed by atoms with Gasteiger partial charge in [-0.1, -0.05) is 42.5 Å². The van der Waals surface area contributed by atoms with Crippen molar-refractivity contribution < 1.29 is 17.9 Å². The third-order valence-corrected chi connectivity index (χ3v) is 6.76. The number of hydrogen-bond acceptors (Lipinski definition) is 5. The van der Waals surface area contributed by atoms with Crippen molar-refractivity contribution >= 4 is 21.9 Å². The molecule has 1 atom stereocenters. The highest BCUT2D eigenvalue weighted by Gasteiger charge is 2.27. The van der Waals surface area contributed by atoms with Crippen molar-refractivity contribution in [3.63, 3.8) is 0 Å². The summed E-state index contributed by atoms with van der Waals surface area (Å²) in [6.07, 6.45) is 5.18. The summed E-state index contributed by atoms with van der Waals surface area (Å²) in [7, 11) is -1.92. The fraction of sp³-hybridized carbons (Fsp3) is 0.318. The predicted molar refractivity (Wildman–Crippen MR) is 110 cm³/mol. The number of methoxy groups -OCH3 is 1. The number of nitrogens with zero attached hydrogens (tertiary/aromatic N) is 1. The van der Waals surface area contributed by atoms with Gasteiger partial charge in [0.15, 0.2) is 9.84 Å². The molecule has 0 amide bonds. The topological polar surface area (TPSA) is 63.7 Å². The first-order valence-electron chi connectivity index (χ1n) is 9.37. The molecule has 1 aliphatic heterocycles. The van der Waals surface area contributed by atoms with Gasteiger partial charge in [-0.25, -0.2) is 13.2 Å². The van der Waals surface area contributed by atoms with E-state index in [-0.39, 0.29) is 17.8 Å². The van der Waals surface area contributed by atoms with E-state index in [0.717, 1.165) is 24.9 Å². The van der Waals surface area contributed by atoms with Gasteiger partial charge in [0.05, 0.1) is 17.8 Å². The Labute approximate surface area is 166 Å². The second-order valence-corrected chi connectivity index (χ2v) is 8.96. The molecule has 0 unspecified atom stereocenters. The molecule has 1 saturated heterocycles. The van der Waals surface area contributed by atoms with Crippen molar-refractivity contribution in [2.75, 3.05) is 26.0 Å². The van der Waals surface area contributed by atoms with Crippen LogP contribution in [0.1, 0.15) is 30.0 Å². The van der Waals surface area contributed by atoms with Crippen LogP contribution in [0.15, 0.2) is 65.6 Å². The molecule has 0 spiro atoms. The van der Waals surface area contributed by atoms with Crippen molar-refractivity contribution in [3.05, 3.63) is 71.8 Å². The summed E-state index contributed by atoms with van der Waals surface area (Å²) in [6, 6.07) is 16.9. The van der Waals surface area contributed by atoms with Crippen LogP contribution in [-0.2, 0) is 19.4 Å². The third kappa shape index (κ3) is 5.09. The molecule has 2 aromatic rings. The number of benzene rings is 2. The molecule has 3 rings (SSSR count). The lowest BCUT2D eigenvalue weighted by molar-refractivity contribution is -0.134. The zero-order chi connectivity index (χ0) is 20.0. The summed E-state index contributed by atoms with van der Waals surface area (Å²) in [5.74, 6) is -0.265. The smallest absolute Gasteiger partial charge is 0.330 e.